The molecular weight excluding hydrogens is 238 g/mol. The number of hydrogen-bond donors (Lipinski definition) is 1. The Labute approximate surface area is 114 Å². The van der Waals surface area contributed by atoms with Gasteiger partial charge in [0.25, 0.3) is 0 Å². The molecule has 0 saturated carbocycles. The summed E-state index contributed by atoms with van der Waals surface area (Å²) in [6.45, 7) is 12.3. The van der Waals surface area contributed by atoms with Gasteiger partial charge in [-0.15, -0.1) is 0 Å². The van der Waals surface area contributed by atoms with Gasteiger partial charge >= 0.3 is 0 Å². The Bertz CT molecular complexity index is 554. The van der Waals surface area contributed by atoms with Crippen LogP contribution in [0, 0.1) is 20.8 Å². The number of oxazole rings is 1. The summed E-state index contributed by atoms with van der Waals surface area (Å²) in [6.07, 6.45) is 1.76. The molecule has 1 atom stereocenters. The highest BCUT2D eigenvalue weighted by molar-refractivity contribution is 5.26. The van der Waals surface area contributed by atoms with E-state index in [0.29, 0.717) is 0 Å². The molecule has 104 valence electrons. The van der Waals surface area contributed by atoms with Crippen LogP contribution in [-0.2, 0) is 13.1 Å². The molecule has 0 bridgehead atoms. The van der Waals surface area contributed by atoms with Crippen molar-refractivity contribution >= 4 is 0 Å². The van der Waals surface area contributed by atoms with Gasteiger partial charge in [-0.1, -0.05) is 0 Å². The average molecular weight is 261 g/mol. The van der Waals surface area contributed by atoms with E-state index in [9.17, 15) is 0 Å². The second kappa shape index (κ2) is 5.61. The fraction of sp³-hybridized carbons (Fsp3) is 0.533. The second-order valence-corrected chi connectivity index (χ2v) is 5.05. The number of nitrogens with zero attached hydrogens (tertiary/aromatic N) is 2. The normalized spacial score (nSPS) is 12.9. The van der Waals surface area contributed by atoms with E-state index in [-0.39, 0.29) is 6.04 Å². The van der Waals surface area contributed by atoms with Crippen molar-refractivity contribution in [1.82, 2.24) is 14.9 Å². The maximum Gasteiger partial charge on any atom is 0.211 e. The summed E-state index contributed by atoms with van der Waals surface area (Å²) in [7, 11) is 0. The monoisotopic (exact) mass is 261 g/mol. The minimum Gasteiger partial charge on any atom is -0.444 e. The Morgan fingerprint density at radius 1 is 1.37 bits per heavy atom. The minimum absolute atomic E-state index is 0.124. The molecule has 2 rings (SSSR count). The molecule has 2 heterocycles. The molecule has 1 unspecified atom stereocenters. The molecule has 19 heavy (non-hydrogen) atoms. The van der Waals surface area contributed by atoms with Crippen LogP contribution in [0.4, 0.5) is 0 Å². The Morgan fingerprint density at radius 2 is 2.11 bits per heavy atom. The Balaban J connectivity index is 2.03. The first kappa shape index (κ1) is 13.9. The second-order valence-electron chi connectivity index (χ2n) is 5.05. The third-order valence-corrected chi connectivity index (χ3v) is 3.60. The Kier molecular flexibility index (Phi) is 4.10. The van der Waals surface area contributed by atoms with E-state index in [2.05, 4.69) is 48.6 Å². The number of aromatic nitrogens is 2. The highest BCUT2D eigenvalue weighted by Gasteiger charge is 2.13. The zero-order valence-electron chi connectivity index (χ0n) is 12.4. The third kappa shape index (κ3) is 2.89. The lowest BCUT2D eigenvalue weighted by atomic mass is 10.2. The van der Waals surface area contributed by atoms with Gasteiger partial charge in [0.2, 0.25) is 5.89 Å². The fourth-order valence-electron chi connectivity index (χ4n) is 2.46. The molecular formula is C15H23N3O. The lowest BCUT2D eigenvalue weighted by Gasteiger charge is -2.11. The van der Waals surface area contributed by atoms with Gasteiger partial charge in [-0.05, 0) is 46.2 Å². The van der Waals surface area contributed by atoms with Crippen LogP contribution in [0.3, 0.4) is 0 Å². The van der Waals surface area contributed by atoms with Gasteiger partial charge in [0, 0.05) is 24.5 Å². The quantitative estimate of drug-likeness (QED) is 0.898. The molecule has 0 spiro atoms. The van der Waals surface area contributed by atoms with Gasteiger partial charge in [0.15, 0.2) is 0 Å². The van der Waals surface area contributed by atoms with E-state index in [0.717, 1.165) is 24.7 Å². The highest BCUT2D eigenvalue weighted by Crippen LogP contribution is 2.17. The number of rotatable bonds is 5. The topological polar surface area (TPSA) is 43.0 Å². The highest BCUT2D eigenvalue weighted by atomic mass is 16.4. The van der Waals surface area contributed by atoms with Crippen LogP contribution in [0.15, 0.2) is 16.7 Å². The van der Waals surface area contributed by atoms with Gasteiger partial charge in [-0.25, -0.2) is 4.98 Å². The zero-order valence-corrected chi connectivity index (χ0v) is 12.4. The van der Waals surface area contributed by atoms with Crippen LogP contribution < -0.4 is 5.32 Å². The molecule has 2 aromatic rings. The molecule has 2 aromatic heterocycles. The first-order valence-corrected chi connectivity index (χ1v) is 6.84. The van der Waals surface area contributed by atoms with Crippen LogP contribution >= 0.6 is 0 Å². The number of nitrogens with one attached hydrogen (secondary N) is 1. The van der Waals surface area contributed by atoms with Crippen LogP contribution in [0.5, 0.6) is 0 Å². The smallest absolute Gasteiger partial charge is 0.211 e. The summed E-state index contributed by atoms with van der Waals surface area (Å²) < 4.78 is 7.87. The number of hydrogen-bond acceptors (Lipinski definition) is 3. The molecule has 1 N–H and O–H groups in total. The zero-order chi connectivity index (χ0) is 14.0. The predicted molar refractivity (Wildman–Crippen MR) is 76.1 cm³/mol. The van der Waals surface area contributed by atoms with Crippen molar-refractivity contribution in [3.05, 3.63) is 40.9 Å². The SMILES string of the molecule is CCn1c(C)cc(CNC(C)c2ncc(C)o2)c1C. The molecule has 4 nitrogen and oxygen atoms in total. The van der Waals surface area contributed by atoms with Crippen LogP contribution in [-0.4, -0.2) is 9.55 Å². The van der Waals surface area contributed by atoms with Crippen LogP contribution in [0.25, 0.3) is 0 Å². The molecule has 4 heteroatoms. The summed E-state index contributed by atoms with van der Waals surface area (Å²) in [4.78, 5) is 4.25. The molecule has 0 aliphatic carbocycles. The number of aryl methyl sites for hydroxylation is 2. The molecule has 0 radical (unpaired) electrons. The van der Waals surface area contributed by atoms with Gasteiger partial charge in [0.05, 0.1) is 12.2 Å². The van der Waals surface area contributed by atoms with Crippen molar-refractivity contribution in [2.24, 2.45) is 0 Å². The maximum absolute atomic E-state index is 5.54. The summed E-state index contributed by atoms with van der Waals surface area (Å²) in [6, 6.07) is 2.37. The predicted octanol–water partition coefficient (Wildman–Crippen LogP) is 3.27. The standard InChI is InChI=1S/C15H23N3O/c1-6-18-10(2)7-14(13(18)5)9-16-12(4)15-17-8-11(3)19-15/h7-8,12,16H,6,9H2,1-5H3. The summed E-state index contributed by atoms with van der Waals surface area (Å²) in [5, 5.41) is 3.46. The fourth-order valence-corrected chi connectivity index (χ4v) is 2.46. The molecule has 0 saturated heterocycles. The van der Waals surface area contributed by atoms with E-state index in [1.54, 1.807) is 6.20 Å². The van der Waals surface area contributed by atoms with Crippen molar-refractivity contribution in [2.45, 2.75) is 53.8 Å². The van der Waals surface area contributed by atoms with Crippen molar-refractivity contribution in [3.63, 3.8) is 0 Å². The molecule has 0 aliphatic heterocycles. The van der Waals surface area contributed by atoms with Crippen molar-refractivity contribution < 1.29 is 4.42 Å². The Morgan fingerprint density at radius 3 is 2.63 bits per heavy atom. The van der Waals surface area contributed by atoms with E-state index < -0.39 is 0 Å². The molecule has 0 amide bonds. The van der Waals surface area contributed by atoms with E-state index in [1.165, 1.54) is 17.0 Å². The lowest BCUT2D eigenvalue weighted by molar-refractivity contribution is 0.402. The van der Waals surface area contributed by atoms with E-state index >= 15 is 0 Å². The van der Waals surface area contributed by atoms with Crippen molar-refractivity contribution in [2.75, 3.05) is 0 Å². The summed E-state index contributed by atoms with van der Waals surface area (Å²) in [5.74, 6) is 1.61. The van der Waals surface area contributed by atoms with Gasteiger partial charge in [-0.3, -0.25) is 0 Å². The molecule has 0 aromatic carbocycles. The van der Waals surface area contributed by atoms with E-state index in [4.69, 9.17) is 4.42 Å². The van der Waals surface area contributed by atoms with Gasteiger partial charge in [-0.2, -0.15) is 0 Å². The first-order valence-electron chi connectivity index (χ1n) is 6.84. The molecule has 0 aliphatic rings. The maximum atomic E-state index is 5.54. The van der Waals surface area contributed by atoms with Crippen LogP contribution in [0.2, 0.25) is 0 Å². The van der Waals surface area contributed by atoms with Crippen LogP contribution in [0.1, 0.15) is 48.5 Å². The average Bonchev–Trinajstić information content (AvgIpc) is 2.91. The minimum atomic E-state index is 0.124. The van der Waals surface area contributed by atoms with Gasteiger partial charge < -0.3 is 14.3 Å². The van der Waals surface area contributed by atoms with Crippen molar-refractivity contribution in [1.29, 1.82) is 0 Å². The first-order chi connectivity index (χ1) is 9.02. The summed E-state index contributed by atoms with van der Waals surface area (Å²) >= 11 is 0. The van der Waals surface area contributed by atoms with E-state index in [1.807, 2.05) is 6.92 Å². The lowest BCUT2D eigenvalue weighted by Crippen LogP contribution is -2.18. The molecule has 0 fully saturated rings. The van der Waals surface area contributed by atoms with Crippen molar-refractivity contribution in [3.8, 4) is 0 Å². The third-order valence-electron chi connectivity index (χ3n) is 3.60. The summed E-state index contributed by atoms with van der Waals surface area (Å²) in [5.41, 5.74) is 3.99. The largest absolute Gasteiger partial charge is 0.444 e. The van der Waals surface area contributed by atoms with Gasteiger partial charge in [0.1, 0.15) is 5.76 Å². The Hall–Kier alpha value is -1.55.